The normalized spacial score (nSPS) is 11.5. The summed E-state index contributed by atoms with van der Waals surface area (Å²) in [5.41, 5.74) is 13.7. The zero-order valence-corrected chi connectivity index (χ0v) is 15.5. The van der Waals surface area contributed by atoms with Gasteiger partial charge < -0.3 is 21.1 Å². The standard InChI is InChI=1S/C19H17ClN6O2/c20-13-4-2-11(3-5-13)15-14(8-12(9-21)18(23)28)26(6-1-7-27)19-16(15)17(22)24-10-25-19/h2-5,8,10,27H,1,6-7H2,(H2,23,28)(H2,22,24,25)/b12-8+. The molecule has 0 fully saturated rings. The molecule has 28 heavy (non-hydrogen) atoms. The number of anilines is 1. The van der Waals surface area contributed by atoms with Crippen LogP contribution in [0.1, 0.15) is 12.1 Å². The number of aryl methyl sites for hydroxylation is 1. The molecule has 0 radical (unpaired) electrons. The number of aliphatic hydroxyl groups excluding tert-OH is 1. The van der Waals surface area contributed by atoms with Gasteiger partial charge in [-0.25, -0.2) is 9.97 Å². The maximum atomic E-state index is 11.6. The first-order valence-electron chi connectivity index (χ1n) is 8.39. The highest BCUT2D eigenvalue weighted by Gasteiger charge is 2.22. The van der Waals surface area contributed by atoms with E-state index in [1.54, 1.807) is 28.8 Å². The van der Waals surface area contributed by atoms with Crippen molar-refractivity contribution >= 4 is 40.4 Å². The van der Waals surface area contributed by atoms with Crippen LogP contribution in [0.25, 0.3) is 28.2 Å². The van der Waals surface area contributed by atoms with Crippen molar-refractivity contribution in [3.05, 3.63) is 46.9 Å². The summed E-state index contributed by atoms with van der Waals surface area (Å²) in [6.07, 6.45) is 3.18. The molecule has 0 aliphatic heterocycles. The summed E-state index contributed by atoms with van der Waals surface area (Å²) in [6.45, 7) is 0.348. The van der Waals surface area contributed by atoms with Crippen LogP contribution in [0.5, 0.6) is 0 Å². The van der Waals surface area contributed by atoms with Crippen molar-refractivity contribution in [1.82, 2.24) is 14.5 Å². The van der Waals surface area contributed by atoms with E-state index in [2.05, 4.69) is 9.97 Å². The number of fused-ring (bicyclic) bond motifs is 1. The number of nitrogens with zero attached hydrogens (tertiary/aromatic N) is 4. The molecule has 0 aliphatic rings. The Balaban J connectivity index is 2.44. The van der Waals surface area contributed by atoms with E-state index in [-0.39, 0.29) is 18.0 Å². The van der Waals surface area contributed by atoms with E-state index >= 15 is 0 Å². The van der Waals surface area contributed by atoms with Gasteiger partial charge in [0.05, 0.1) is 11.1 Å². The van der Waals surface area contributed by atoms with Crippen LogP contribution in [0.15, 0.2) is 36.2 Å². The van der Waals surface area contributed by atoms with Gasteiger partial charge in [0.25, 0.3) is 5.91 Å². The Morgan fingerprint density at radius 1 is 1.32 bits per heavy atom. The molecule has 9 heteroatoms. The number of benzene rings is 1. The second-order valence-corrected chi connectivity index (χ2v) is 6.42. The van der Waals surface area contributed by atoms with E-state index in [1.807, 2.05) is 6.07 Å². The molecular formula is C19H17ClN6O2. The first-order chi connectivity index (χ1) is 13.5. The van der Waals surface area contributed by atoms with Crippen LogP contribution >= 0.6 is 11.6 Å². The molecule has 0 bridgehead atoms. The van der Waals surface area contributed by atoms with Crippen LogP contribution < -0.4 is 11.5 Å². The SMILES string of the molecule is N#C/C(=C\c1c(-c2ccc(Cl)cc2)c2c(N)ncnc2n1CCCO)C(N)=O. The predicted molar refractivity (Wildman–Crippen MR) is 107 cm³/mol. The Morgan fingerprint density at radius 3 is 2.64 bits per heavy atom. The van der Waals surface area contributed by atoms with Crippen molar-refractivity contribution < 1.29 is 9.90 Å². The summed E-state index contributed by atoms with van der Waals surface area (Å²) in [5, 5.41) is 19.7. The average molecular weight is 397 g/mol. The number of aromatic nitrogens is 3. The maximum Gasteiger partial charge on any atom is 0.259 e. The first kappa shape index (κ1) is 19.4. The lowest BCUT2D eigenvalue weighted by atomic mass is 10.0. The second-order valence-electron chi connectivity index (χ2n) is 5.99. The number of amides is 1. The largest absolute Gasteiger partial charge is 0.396 e. The minimum atomic E-state index is -0.845. The second kappa shape index (κ2) is 8.08. The molecule has 1 aromatic carbocycles. The monoisotopic (exact) mass is 396 g/mol. The number of hydrogen-bond donors (Lipinski definition) is 3. The number of halogens is 1. The molecule has 1 amide bonds. The van der Waals surface area contributed by atoms with E-state index in [9.17, 15) is 15.2 Å². The third-order valence-corrected chi connectivity index (χ3v) is 4.50. The van der Waals surface area contributed by atoms with Crippen molar-refractivity contribution in [3.8, 4) is 17.2 Å². The number of hydrogen-bond acceptors (Lipinski definition) is 6. The van der Waals surface area contributed by atoms with Gasteiger partial charge in [-0.05, 0) is 30.2 Å². The number of nitrogens with two attached hydrogens (primary N) is 2. The van der Waals surface area contributed by atoms with Crippen LogP contribution in [0.2, 0.25) is 5.02 Å². The molecule has 2 aromatic heterocycles. The molecular weight excluding hydrogens is 380 g/mol. The fraction of sp³-hybridized carbons (Fsp3) is 0.158. The molecule has 142 valence electrons. The molecule has 2 heterocycles. The summed E-state index contributed by atoms with van der Waals surface area (Å²) >= 11 is 6.01. The lowest BCUT2D eigenvalue weighted by Crippen LogP contribution is -2.13. The van der Waals surface area contributed by atoms with Crippen molar-refractivity contribution in [3.63, 3.8) is 0 Å². The Kier molecular flexibility index (Phi) is 5.59. The highest BCUT2D eigenvalue weighted by atomic mass is 35.5. The Morgan fingerprint density at radius 2 is 2.04 bits per heavy atom. The zero-order chi connectivity index (χ0) is 20.3. The van der Waals surface area contributed by atoms with Crippen LogP contribution in [0, 0.1) is 11.3 Å². The molecule has 0 spiro atoms. The van der Waals surface area contributed by atoms with E-state index in [1.165, 1.54) is 12.4 Å². The molecule has 0 saturated carbocycles. The number of primary amides is 1. The van der Waals surface area contributed by atoms with Crippen molar-refractivity contribution in [2.24, 2.45) is 5.73 Å². The van der Waals surface area contributed by atoms with Crippen LogP contribution in [0.4, 0.5) is 5.82 Å². The number of carbonyl (C=O) groups excluding carboxylic acids is 1. The molecule has 0 atom stereocenters. The highest BCUT2D eigenvalue weighted by molar-refractivity contribution is 6.30. The minimum Gasteiger partial charge on any atom is -0.396 e. The van der Waals surface area contributed by atoms with Crippen LogP contribution in [-0.2, 0) is 11.3 Å². The van der Waals surface area contributed by atoms with Gasteiger partial charge in [-0.3, -0.25) is 4.79 Å². The predicted octanol–water partition coefficient (Wildman–Crippen LogP) is 2.11. The van der Waals surface area contributed by atoms with E-state index in [4.69, 9.17) is 23.1 Å². The van der Waals surface area contributed by atoms with Gasteiger partial charge in [0, 0.05) is 23.7 Å². The molecule has 0 unspecified atom stereocenters. The minimum absolute atomic E-state index is 0.0411. The molecule has 5 N–H and O–H groups in total. The maximum absolute atomic E-state index is 11.6. The first-order valence-corrected chi connectivity index (χ1v) is 8.76. The molecule has 0 aliphatic carbocycles. The van der Waals surface area contributed by atoms with Crippen molar-refractivity contribution in [2.75, 3.05) is 12.3 Å². The molecule has 8 nitrogen and oxygen atoms in total. The summed E-state index contributed by atoms with van der Waals surface area (Å²) in [6, 6.07) is 8.86. The average Bonchev–Trinajstić information content (AvgIpc) is 2.99. The van der Waals surface area contributed by atoms with Gasteiger partial charge >= 0.3 is 0 Å². The number of carbonyl (C=O) groups is 1. The quantitative estimate of drug-likeness (QED) is 0.430. The third kappa shape index (κ3) is 3.53. The number of aliphatic hydroxyl groups is 1. The Hall–Kier alpha value is -3.41. The fourth-order valence-corrected chi connectivity index (χ4v) is 3.15. The van der Waals surface area contributed by atoms with E-state index < -0.39 is 5.91 Å². The molecule has 0 saturated heterocycles. The van der Waals surface area contributed by atoms with Gasteiger partial charge in [0.1, 0.15) is 29.4 Å². The Bertz CT molecular complexity index is 1110. The van der Waals surface area contributed by atoms with Gasteiger partial charge in [-0.1, -0.05) is 23.7 Å². The topological polar surface area (TPSA) is 144 Å². The lowest BCUT2D eigenvalue weighted by molar-refractivity contribution is -0.114. The molecule has 3 rings (SSSR count). The zero-order valence-electron chi connectivity index (χ0n) is 14.8. The summed E-state index contributed by atoms with van der Waals surface area (Å²) < 4.78 is 1.79. The van der Waals surface area contributed by atoms with Gasteiger partial charge in [0.2, 0.25) is 0 Å². The van der Waals surface area contributed by atoms with E-state index in [0.29, 0.717) is 40.3 Å². The summed E-state index contributed by atoms with van der Waals surface area (Å²) in [7, 11) is 0. The number of nitriles is 1. The highest BCUT2D eigenvalue weighted by Crippen LogP contribution is 2.38. The summed E-state index contributed by atoms with van der Waals surface area (Å²) in [5.74, 6) is -0.590. The molecule has 3 aromatic rings. The smallest absolute Gasteiger partial charge is 0.259 e. The van der Waals surface area contributed by atoms with Gasteiger partial charge in [-0.2, -0.15) is 5.26 Å². The fourth-order valence-electron chi connectivity index (χ4n) is 3.02. The lowest BCUT2D eigenvalue weighted by Gasteiger charge is -2.09. The van der Waals surface area contributed by atoms with Crippen molar-refractivity contribution in [1.29, 1.82) is 5.26 Å². The van der Waals surface area contributed by atoms with Gasteiger partial charge in [-0.15, -0.1) is 0 Å². The van der Waals surface area contributed by atoms with Crippen molar-refractivity contribution in [2.45, 2.75) is 13.0 Å². The van der Waals surface area contributed by atoms with Crippen LogP contribution in [-0.4, -0.2) is 32.2 Å². The van der Waals surface area contributed by atoms with Gasteiger partial charge in [0.15, 0.2) is 0 Å². The van der Waals surface area contributed by atoms with Crippen LogP contribution in [0.3, 0.4) is 0 Å². The number of rotatable bonds is 6. The number of nitrogen functional groups attached to an aromatic ring is 1. The third-order valence-electron chi connectivity index (χ3n) is 4.25. The van der Waals surface area contributed by atoms with E-state index in [0.717, 1.165) is 5.56 Å². The Labute approximate surface area is 165 Å². The summed E-state index contributed by atoms with van der Waals surface area (Å²) in [4.78, 5) is 20.1.